The van der Waals surface area contributed by atoms with Crippen molar-refractivity contribution in [2.24, 2.45) is 5.92 Å². The SMILES string of the molecule is CCCN(C(=O)N[C@@H](CSCC(C)C)C(=O)NS(=O)(=O)c1cccc(-c2ccccc2)c1)C(=O)c1cccc(C#Cc2ccccc2)c1. The molecule has 48 heavy (non-hydrogen) atoms. The predicted octanol–water partition coefficient (Wildman–Crippen LogP) is 6.58. The van der Waals surface area contributed by atoms with E-state index in [1.807, 2.05) is 81.4 Å². The van der Waals surface area contributed by atoms with Crippen molar-refractivity contribution >= 4 is 39.6 Å². The minimum absolute atomic E-state index is 0.0860. The summed E-state index contributed by atoms with van der Waals surface area (Å²) in [7, 11) is -4.29. The summed E-state index contributed by atoms with van der Waals surface area (Å²) in [5.74, 6) is 5.74. The van der Waals surface area contributed by atoms with E-state index in [0.717, 1.165) is 16.0 Å². The Morgan fingerprint density at radius 1 is 0.771 bits per heavy atom. The van der Waals surface area contributed by atoms with Gasteiger partial charge in [-0.1, -0.05) is 99.3 Å². The third kappa shape index (κ3) is 10.3. The first kappa shape index (κ1) is 36.0. The number of nitrogens with one attached hydrogen (secondary N) is 2. The normalized spacial score (nSPS) is 11.6. The first-order chi connectivity index (χ1) is 23.1. The van der Waals surface area contributed by atoms with Gasteiger partial charge >= 0.3 is 6.03 Å². The van der Waals surface area contributed by atoms with Gasteiger partial charge in [0.05, 0.1) is 4.90 Å². The summed E-state index contributed by atoms with van der Waals surface area (Å²) in [4.78, 5) is 41.7. The number of thioether (sulfide) groups is 1. The Labute approximate surface area is 287 Å². The third-order valence-corrected chi connectivity index (χ3v) is 9.82. The van der Waals surface area contributed by atoms with Gasteiger partial charge in [0.2, 0.25) is 0 Å². The molecule has 4 rings (SSSR count). The molecule has 4 amide bonds. The van der Waals surface area contributed by atoms with Crippen molar-refractivity contribution in [3.63, 3.8) is 0 Å². The maximum atomic E-state index is 13.6. The van der Waals surface area contributed by atoms with E-state index in [2.05, 4.69) is 21.9 Å². The molecular formula is C38H39N3O5S2. The average Bonchev–Trinajstić information content (AvgIpc) is 3.09. The molecule has 0 radical (unpaired) electrons. The summed E-state index contributed by atoms with van der Waals surface area (Å²) in [6.45, 7) is 5.95. The molecule has 2 N–H and O–H groups in total. The van der Waals surface area contributed by atoms with Gasteiger partial charge in [0.1, 0.15) is 6.04 Å². The zero-order valence-corrected chi connectivity index (χ0v) is 28.8. The monoisotopic (exact) mass is 681 g/mol. The van der Waals surface area contributed by atoms with Crippen LogP contribution >= 0.6 is 11.8 Å². The van der Waals surface area contributed by atoms with Gasteiger partial charge in [-0.3, -0.25) is 14.5 Å². The fourth-order valence-electron chi connectivity index (χ4n) is 4.64. The standard InChI is InChI=1S/C38H39N3O5S2/c1-4-23-41(37(43)33-19-11-15-30(24-33)22-21-29-13-7-5-8-14-29)38(44)39-35(27-47-26-28(2)3)36(42)40-48(45,46)34-20-12-18-32(25-34)31-16-9-6-10-17-31/h5-20,24-25,28,35H,4,23,26-27H2,1-3H3,(H,39,44)(H,40,42)/t35-/m0/s1. The summed E-state index contributed by atoms with van der Waals surface area (Å²) >= 11 is 1.41. The molecule has 0 aliphatic carbocycles. The number of hydrogen-bond donors (Lipinski definition) is 2. The number of amides is 4. The molecule has 0 bridgehead atoms. The first-order valence-corrected chi connectivity index (χ1v) is 18.3. The Hall–Kier alpha value is -4.85. The van der Waals surface area contributed by atoms with Gasteiger partial charge in [0, 0.05) is 29.0 Å². The second kappa shape index (κ2) is 17.3. The van der Waals surface area contributed by atoms with E-state index in [4.69, 9.17) is 0 Å². The third-order valence-electron chi connectivity index (χ3n) is 7.01. The van der Waals surface area contributed by atoms with E-state index >= 15 is 0 Å². The molecule has 8 nitrogen and oxygen atoms in total. The molecular weight excluding hydrogens is 643 g/mol. The number of benzene rings is 4. The average molecular weight is 682 g/mol. The number of carbonyl (C=O) groups excluding carboxylic acids is 3. The van der Waals surface area contributed by atoms with E-state index < -0.39 is 33.9 Å². The molecule has 10 heteroatoms. The highest BCUT2D eigenvalue weighted by Gasteiger charge is 2.30. The quantitative estimate of drug-likeness (QED) is 0.164. The molecule has 0 fully saturated rings. The first-order valence-electron chi connectivity index (χ1n) is 15.7. The van der Waals surface area contributed by atoms with Crippen molar-refractivity contribution in [1.82, 2.24) is 14.9 Å². The van der Waals surface area contributed by atoms with Gasteiger partial charge < -0.3 is 5.32 Å². The van der Waals surface area contributed by atoms with Crippen LogP contribution in [0.2, 0.25) is 0 Å². The smallest absolute Gasteiger partial charge is 0.325 e. The molecule has 0 spiro atoms. The van der Waals surface area contributed by atoms with Gasteiger partial charge in [-0.25, -0.2) is 17.9 Å². The van der Waals surface area contributed by atoms with Crippen LogP contribution in [0.3, 0.4) is 0 Å². The topological polar surface area (TPSA) is 113 Å². The second-order valence-electron chi connectivity index (χ2n) is 11.5. The zero-order chi connectivity index (χ0) is 34.5. The van der Waals surface area contributed by atoms with Crippen molar-refractivity contribution in [2.75, 3.05) is 18.1 Å². The van der Waals surface area contributed by atoms with Crippen molar-refractivity contribution in [2.45, 2.75) is 38.1 Å². The zero-order valence-electron chi connectivity index (χ0n) is 27.2. The molecule has 1 atom stereocenters. The van der Waals surface area contributed by atoms with Gasteiger partial charge in [-0.15, -0.1) is 0 Å². The summed E-state index contributed by atoms with van der Waals surface area (Å²) in [6.07, 6.45) is 0.470. The molecule has 4 aromatic rings. The van der Waals surface area contributed by atoms with Crippen LogP contribution < -0.4 is 10.0 Å². The highest BCUT2D eigenvalue weighted by Crippen LogP contribution is 2.22. The van der Waals surface area contributed by atoms with E-state index in [1.165, 1.54) is 23.9 Å². The van der Waals surface area contributed by atoms with Crippen LogP contribution in [0.5, 0.6) is 0 Å². The highest BCUT2D eigenvalue weighted by molar-refractivity contribution is 7.99. The Balaban J connectivity index is 1.53. The van der Waals surface area contributed by atoms with Crippen molar-refractivity contribution < 1.29 is 22.8 Å². The lowest BCUT2D eigenvalue weighted by atomic mass is 10.1. The van der Waals surface area contributed by atoms with Crippen molar-refractivity contribution in [3.8, 4) is 23.0 Å². The fraction of sp³-hybridized carbons (Fsp3) is 0.237. The van der Waals surface area contributed by atoms with E-state index in [-0.39, 0.29) is 22.8 Å². The largest absolute Gasteiger partial charge is 0.325 e. The molecule has 0 aliphatic heterocycles. The second-order valence-corrected chi connectivity index (χ2v) is 14.2. The molecule has 248 valence electrons. The number of imide groups is 1. The molecule has 0 aliphatic rings. The van der Waals surface area contributed by atoms with Gasteiger partial charge in [0.15, 0.2) is 0 Å². The van der Waals surface area contributed by atoms with E-state index in [9.17, 15) is 22.8 Å². The lowest BCUT2D eigenvalue weighted by Crippen LogP contribution is -2.54. The Bertz CT molecular complexity index is 1890. The van der Waals surface area contributed by atoms with Crippen LogP contribution in [-0.2, 0) is 14.8 Å². The van der Waals surface area contributed by atoms with E-state index in [1.54, 1.807) is 36.4 Å². The Morgan fingerprint density at radius 2 is 1.40 bits per heavy atom. The minimum atomic E-state index is -4.29. The maximum Gasteiger partial charge on any atom is 0.325 e. The number of sulfonamides is 1. The molecule has 0 saturated carbocycles. The lowest BCUT2D eigenvalue weighted by molar-refractivity contribution is -0.120. The molecule has 4 aromatic carbocycles. The van der Waals surface area contributed by atoms with Gasteiger partial charge in [-0.05, 0) is 71.7 Å². The number of hydrogen-bond acceptors (Lipinski definition) is 6. The Kier molecular flexibility index (Phi) is 13.0. The predicted molar refractivity (Wildman–Crippen MR) is 192 cm³/mol. The Morgan fingerprint density at radius 3 is 2.08 bits per heavy atom. The van der Waals surface area contributed by atoms with Crippen LogP contribution in [-0.4, -0.2) is 55.3 Å². The molecule has 0 unspecified atom stereocenters. The molecule has 0 heterocycles. The minimum Gasteiger partial charge on any atom is -0.325 e. The number of carbonyl (C=O) groups is 3. The van der Waals surface area contributed by atoms with Crippen LogP contribution in [0, 0.1) is 17.8 Å². The summed E-state index contributed by atoms with van der Waals surface area (Å²) in [5, 5.41) is 2.64. The highest BCUT2D eigenvalue weighted by atomic mass is 32.2. The van der Waals surface area contributed by atoms with Crippen molar-refractivity contribution in [3.05, 3.63) is 126 Å². The van der Waals surface area contributed by atoms with Gasteiger partial charge in [-0.2, -0.15) is 11.8 Å². The summed E-state index contributed by atoms with van der Waals surface area (Å²) in [5.41, 5.74) is 3.18. The summed E-state index contributed by atoms with van der Waals surface area (Å²) < 4.78 is 28.9. The number of urea groups is 1. The van der Waals surface area contributed by atoms with Crippen LogP contribution in [0.4, 0.5) is 4.79 Å². The number of rotatable bonds is 12. The lowest BCUT2D eigenvalue weighted by Gasteiger charge is -2.25. The van der Waals surface area contributed by atoms with Gasteiger partial charge in [0.25, 0.3) is 21.8 Å². The van der Waals surface area contributed by atoms with Crippen LogP contribution in [0.25, 0.3) is 11.1 Å². The number of nitrogens with zero attached hydrogens (tertiary/aromatic N) is 1. The van der Waals surface area contributed by atoms with Crippen molar-refractivity contribution in [1.29, 1.82) is 0 Å². The molecule has 0 saturated heterocycles. The van der Waals surface area contributed by atoms with Crippen LogP contribution in [0.1, 0.15) is 48.7 Å². The van der Waals surface area contributed by atoms with E-state index in [0.29, 0.717) is 29.2 Å². The fourth-order valence-corrected chi connectivity index (χ4v) is 6.78. The maximum absolute atomic E-state index is 13.6. The molecule has 0 aromatic heterocycles. The van der Waals surface area contributed by atoms with Crippen LogP contribution in [0.15, 0.2) is 114 Å². The summed E-state index contributed by atoms with van der Waals surface area (Å²) in [6, 6.07) is 29.7.